The predicted octanol–water partition coefficient (Wildman–Crippen LogP) is 6.30. The molecule has 0 aromatic carbocycles. The van der Waals surface area contributed by atoms with Crippen molar-refractivity contribution in [2.24, 2.45) is 5.92 Å². The number of allylic oxidation sites excluding steroid dienone is 4. The minimum atomic E-state index is -4.48. The summed E-state index contributed by atoms with van der Waals surface area (Å²) in [4.78, 5) is 0. The number of alkyl halides is 4. The van der Waals surface area contributed by atoms with E-state index in [1.807, 2.05) is 6.08 Å². The molecule has 3 aliphatic rings. The molecule has 3 rings (SSSR count). The lowest BCUT2D eigenvalue weighted by Gasteiger charge is -2.34. The Labute approximate surface area is 154 Å². The number of hydrogen-bond donors (Lipinski definition) is 0. The van der Waals surface area contributed by atoms with Crippen molar-refractivity contribution in [2.75, 3.05) is 6.26 Å². The van der Waals surface area contributed by atoms with Gasteiger partial charge in [-0.3, -0.25) is 0 Å². The van der Waals surface area contributed by atoms with Gasteiger partial charge in [0.15, 0.2) is 6.10 Å². The number of thioether (sulfide) groups is 1. The summed E-state index contributed by atoms with van der Waals surface area (Å²) in [6.45, 7) is 0. The van der Waals surface area contributed by atoms with Crippen LogP contribution in [-0.2, 0) is 4.74 Å². The van der Waals surface area contributed by atoms with E-state index >= 15 is 0 Å². The van der Waals surface area contributed by atoms with Gasteiger partial charge in [-0.25, -0.2) is 4.39 Å². The number of hydrogen-bond acceptors (Lipinski definition) is 2. The van der Waals surface area contributed by atoms with Crippen LogP contribution in [0.5, 0.6) is 0 Å². The molecule has 0 saturated heterocycles. The lowest BCUT2D eigenvalue weighted by atomic mass is 9.85. The minimum absolute atomic E-state index is 0.363. The second kappa shape index (κ2) is 7.55. The molecule has 140 valence electrons. The molecule has 0 fully saturated rings. The summed E-state index contributed by atoms with van der Waals surface area (Å²) in [7, 11) is 0. The monoisotopic (exact) mass is 396 g/mol. The van der Waals surface area contributed by atoms with Crippen molar-refractivity contribution in [1.82, 2.24) is 0 Å². The summed E-state index contributed by atoms with van der Waals surface area (Å²) < 4.78 is 58.4. The van der Waals surface area contributed by atoms with Gasteiger partial charge in [0.2, 0.25) is 0 Å². The van der Waals surface area contributed by atoms with Crippen LogP contribution >= 0.6 is 23.4 Å². The topological polar surface area (TPSA) is 9.23 Å². The van der Waals surface area contributed by atoms with Gasteiger partial charge in [-0.2, -0.15) is 24.9 Å². The number of rotatable bonds is 3. The van der Waals surface area contributed by atoms with Crippen molar-refractivity contribution < 1.29 is 22.3 Å². The van der Waals surface area contributed by atoms with E-state index in [-0.39, 0.29) is 6.42 Å². The van der Waals surface area contributed by atoms with E-state index in [0.717, 1.165) is 19.3 Å². The van der Waals surface area contributed by atoms with Crippen molar-refractivity contribution in [2.45, 2.75) is 61.4 Å². The van der Waals surface area contributed by atoms with Crippen molar-refractivity contribution in [1.29, 1.82) is 0 Å². The molecule has 0 radical (unpaired) electrons. The fourth-order valence-electron chi connectivity index (χ4n) is 3.77. The molecule has 0 amide bonds. The van der Waals surface area contributed by atoms with Crippen molar-refractivity contribution in [3.05, 3.63) is 34.9 Å². The zero-order chi connectivity index (χ0) is 18.2. The Morgan fingerprint density at radius 2 is 2.00 bits per heavy atom. The molecule has 3 aliphatic carbocycles. The predicted molar refractivity (Wildman–Crippen MR) is 93.4 cm³/mol. The molecule has 0 spiro atoms. The van der Waals surface area contributed by atoms with Crippen molar-refractivity contribution in [3.63, 3.8) is 0 Å². The maximum atomic E-state index is 14.2. The first-order valence-electron chi connectivity index (χ1n) is 8.49. The van der Waals surface area contributed by atoms with Crippen molar-refractivity contribution in [3.8, 4) is 0 Å². The molecule has 0 saturated carbocycles. The number of ether oxygens (including phenoxy) is 1. The standard InChI is InChI=1S/C18H21ClF4OS/c1-25-16-4-2-3-10-5-6-12(9-13(10)16)24-17-14(19)7-11(8-15(17)20)18(21,22)23/h8-9,11,14,16-17H,2-7H2,1H3. The van der Waals surface area contributed by atoms with Crippen LogP contribution in [0.4, 0.5) is 17.6 Å². The Balaban J connectivity index is 1.76. The van der Waals surface area contributed by atoms with Crippen LogP contribution in [0.1, 0.15) is 38.5 Å². The third-order valence-electron chi connectivity index (χ3n) is 5.11. The van der Waals surface area contributed by atoms with E-state index in [0.29, 0.717) is 23.5 Å². The third kappa shape index (κ3) is 4.21. The lowest BCUT2D eigenvalue weighted by Crippen LogP contribution is -2.36. The van der Waals surface area contributed by atoms with Crippen LogP contribution in [0.15, 0.2) is 34.9 Å². The molecule has 0 heterocycles. The van der Waals surface area contributed by atoms with Crippen molar-refractivity contribution >= 4 is 23.4 Å². The van der Waals surface area contributed by atoms with E-state index < -0.39 is 29.4 Å². The second-order valence-electron chi connectivity index (χ2n) is 6.78. The molecular weight excluding hydrogens is 376 g/mol. The first-order chi connectivity index (χ1) is 11.8. The summed E-state index contributed by atoms with van der Waals surface area (Å²) >= 11 is 7.83. The molecule has 4 atom stereocenters. The summed E-state index contributed by atoms with van der Waals surface area (Å²) in [6.07, 6.45) is 3.55. The maximum Gasteiger partial charge on any atom is 0.395 e. The molecule has 0 bridgehead atoms. The summed E-state index contributed by atoms with van der Waals surface area (Å²) in [5.74, 6) is -2.13. The van der Waals surface area contributed by atoms with Gasteiger partial charge in [0.05, 0.1) is 17.1 Å². The van der Waals surface area contributed by atoms with Crippen LogP contribution in [0.2, 0.25) is 0 Å². The highest BCUT2D eigenvalue weighted by Crippen LogP contribution is 2.43. The number of halogens is 5. The minimum Gasteiger partial charge on any atom is -0.486 e. The molecule has 4 unspecified atom stereocenters. The average Bonchev–Trinajstić information content (AvgIpc) is 2.56. The first-order valence-corrected chi connectivity index (χ1v) is 10.2. The highest BCUT2D eigenvalue weighted by atomic mass is 35.5. The maximum absolute atomic E-state index is 14.2. The van der Waals surface area contributed by atoms with Gasteiger partial charge in [0, 0.05) is 11.7 Å². The fraction of sp³-hybridized carbons (Fsp3) is 0.667. The van der Waals surface area contributed by atoms with Gasteiger partial charge in [-0.05, 0) is 56.1 Å². The van der Waals surface area contributed by atoms with Gasteiger partial charge >= 0.3 is 6.18 Å². The first kappa shape index (κ1) is 19.2. The molecule has 7 heteroatoms. The summed E-state index contributed by atoms with van der Waals surface area (Å²) in [5, 5.41) is -0.619. The van der Waals surface area contributed by atoms with Gasteiger partial charge in [0.1, 0.15) is 5.83 Å². The molecule has 25 heavy (non-hydrogen) atoms. The molecule has 0 N–H and O–H groups in total. The normalized spacial score (nSPS) is 33.5. The summed E-state index contributed by atoms with van der Waals surface area (Å²) in [5.41, 5.74) is 2.68. The Kier molecular flexibility index (Phi) is 5.78. The summed E-state index contributed by atoms with van der Waals surface area (Å²) in [6, 6.07) is 0. The SMILES string of the molecule is CSC1CCCC2=C1C=C(OC1C(F)=CC(C(F)(F)F)CC1Cl)CC2. The zero-order valence-electron chi connectivity index (χ0n) is 13.9. The van der Waals surface area contributed by atoms with E-state index in [9.17, 15) is 17.6 Å². The van der Waals surface area contributed by atoms with Crippen LogP contribution in [0.3, 0.4) is 0 Å². The van der Waals surface area contributed by atoms with E-state index in [1.54, 1.807) is 11.8 Å². The highest BCUT2D eigenvalue weighted by Gasteiger charge is 2.45. The molecule has 0 aliphatic heterocycles. The molecular formula is C18H21ClF4OS. The highest BCUT2D eigenvalue weighted by molar-refractivity contribution is 7.99. The zero-order valence-corrected chi connectivity index (χ0v) is 15.5. The third-order valence-corrected chi connectivity index (χ3v) is 6.58. The van der Waals surface area contributed by atoms with E-state index in [4.69, 9.17) is 16.3 Å². The van der Waals surface area contributed by atoms with Crippen LogP contribution < -0.4 is 0 Å². The van der Waals surface area contributed by atoms with E-state index in [2.05, 4.69) is 6.26 Å². The van der Waals surface area contributed by atoms with Gasteiger partial charge in [-0.1, -0.05) is 5.57 Å². The smallest absolute Gasteiger partial charge is 0.395 e. The van der Waals surface area contributed by atoms with Gasteiger partial charge in [-0.15, -0.1) is 11.6 Å². The average molecular weight is 397 g/mol. The Morgan fingerprint density at radius 3 is 2.64 bits per heavy atom. The van der Waals surface area contributed by atoms with Gasteiger partial charge in [0.25, 0.3) is 0 Å². The van der Waals surface area contributed by atoms with Gasteiger partial charge < -0.3 is 4.74 Å². The second-order valence-corrected chi connectivity index (χ2v) is 8.38. The fourth-order valence-corrected chi connectivity index (χ4v) is 5.02. The lowest BCUT2D eigenvalue weighted by molar-refractivity contribution is -0.166. The Bertz CT molecular complexity index is 611. The Hall–Kier alpha value is -0.620. The quantitative estimate of drug-likeness (QED) is 0.408. The molecule has 1 nitrogen and oxygen atoms in total. The van der Waals surface area contributed by atoms with Crippen LogP contribution in [-0.4, -0.2) is 29.2 Å². The molecule has 0 aromatic heterocycles. The van der Waals surface area contributed by atoms with Crippen LogP contribution in [0.25, 0.3) is 0 Å². The molecule has 0 aromatic rings. The van der Waals surface area contributed by atoms with Crippen LogP contribution in [0, 0.1) is 5.92 Å². The largest absolute Gasteiger partial charge is 0.486 e. The Morgan fingerprint density at radius 1 is 1.24 bits per heavy atom. The van der Waals surface area contributed by atoms with E-state index in [1.165, 1.54) is 17.6 Å².